The van der Waals surface area contributed by atoms with Crippen LogP contribution in [0.25, 0.3) is 0 Å². The summed E-state index contributed by atoms with van der Waals surface area (Å²) in [5, 5.41) is 18.3. The second kappa shape index (κ2) is 32.2. The first-order chi connectivity index (χ1) is 40.4. The number of piperidine rings is 1. The average molecular weight is 1200 g/mol. The van der Waals surface area contributed by atoms with Crippen LogP contribution in [0.3, 0.4) is 0 Å². The van der Waals surface area contributed by atoms with Gasteiger partial charge in [0.15, 0.2) is 6.10 Å². The zero-order valence-electron chi connectivity index (χ0n) is 53.3. The van der Waals surface area contributed by atoms with Gasteiger partial charge in [0, 0.05) is 48.2 Å². The number of nitrogens with zero attached hydrogens (tertiary/aromatic N) is 6. The van der Waals surface area contributed by atoms with Gasteiger partial charge >= 0.3 is 11.9 Å². The van der Waals surface area contributed by atoms with Gasteiger partial charge in [0.2, 0.25) is 47.3 Å². The summed E-state index contributed by atoms with van der Waals surface area (Å²) in [5.41, 5.74) is 1.15. The second-order valence-corrected chi connectivity index (χ2v) is 24.2. The number of carbonyl (C=O) groups is 11. The van der Waals surface area contributed by atoms with E-state index < -0.39 is 162 Å². The molecule has 476 valence electrons. The van der Waals surface area contributed by atoms with Gasteiger partial charge in [-0.15, -0.1) is 0 Å². The van der Waals surface area contributed by atoms with Gasteiger partial charge in [-0.2, -0.15) is 0 Å². The number of aromatic hydroxyl groups is 1. The van der Waals surface area contributed by atoms with Crippen LogP contribution in [-0.2, 0) is 75.2 Å². The van der Waals surface area contributed by atoms with Crippen LogP contribution in [0.2, 0.25) is 0 Å². The molecule has 4 N–H and O–H groups in total. The van der Waals surface area contributed by atoms with Crippen LogP contribution in [-0.4, -0.2) is 202 Å². The van der Waals surface area contributed by atoms with Crippen molar-refractivity contribution in [1.82, 2.24) is 45.3 Å². The van der Waals surface area contributed by atoms with Gasteiger partial charge in [-0.05, 0) is 79.0 Å². The summed E-state index contributed by atoms with van der Waals surface area (Å²) in [7, 11) is 6.91. The fourth-order valence-corrected chi connectivity index (χ4v) is 11.3. The van der Waals surface area contributed by atoms with Crippen molar-refractivity contribution < 1.29 is 67.3 Å². The van der Waals surface area contributed by atoms with Crippen LogP contribution in [0.4, 0.5) is 0 Å². The third-order valence-electron chi connectivity index (χ3n) is 16.8. The molecule has 2 saturated heterocycles. The van der Waals surface area contributed by atoms with Crippen LogP contribution in [0.15, 0.2) is 54.6 Å². The van der Waals surface area contributed by atoms with Gasteiger partial charge in [-0.3, -0.25) is 47.9 Å². The highest BCUT2D eigenvalue weighted by Crippen LogP contribution is 2.27. The van der Waals surface area contributed by atoms with Crippen molar-refractivity contribution in [2.75, 3.05) is 48.3 Å². The lowest BCUT2D eigenvalue weighted by Crippen LogP contribution is -2.63. The average Bonchev–Trinajstić information content (AvgIpc) is 1.44. The number of likely N-dealkylation sites (N-methyl/N-ethyl adjacent to an activating group) is 5. The Morgan fingerprint density at radius 3 is 1.72 bits per heavy atom. The molecule has 4 rings (SSSR count). The number of phenols is 1. The van der Waals surface area contributed by atoms with E-state index >= 15 is 14.4 Å². The van der Waals surface area contributed by atoms with Crippen LogP contribution < -0.4 is 16.0 Å². The summed E-state index contributed by atoms with van der Waals surface area (Å²) in [4.78, 5) is 168. The molecular weight excluding hydrogens is 1110 g/mol. The molecule has 2 aliphatic heterocycles. The number of phenolic OH excluding ortho intramolecular Hbond substituents is 1. The minimum absolute atomic E-state index is 0.0547. The summed E-state index contributed by atoms with van der Waals surface area (Å²) in [6.07, 6.45) is -0.365. The first-order valence-corrected chi connectivity index (χ1v) is 30.1. The monoisotopic (exact) mass is 1200 g/mol. The molecule has 2 heterocycles. The maximum absolute atomic E-state index is 15.3. The summed E-state index contributed by atoms with van der Waals surface area (Å²) in [5.74, 6) is -11.3. The Bertz CT molecular complexity index is 2710. The minimum Gasteiger partial charge on any atom is -0.508 e. The Morgan fingerprint density at radius 1 is 0.605 bits per heavy atom. The number of esters is 2. The van der Waals surface area contributed by atoms with Crippen molar-refractivity contribution in [2.45, 2.75) is 182 Å². The number of benzene rings is 2. The molecule has 0 unspecified atom stereocenters. The Labute approximate surface area is 507 Å². The molecule has 11 atom stereocenters. The largest absolute Gasteiger partial charge is 0.508 e. The second-order valence-electron chi connectivity index (χ2n) is 24.2. The lowest BCUT2D eigenvalue weighted by Gasteiger charge is -2.41. The number of hydrogen-bond donors (Lipinski definition) is 4. The smallest absolute Gasteiger partial charge is 0.329 e. The Balaban J connectivity index is 1.89. The highest BCUT2D eigenvalue weighted by atomic mass is 16.6. The van der Waals surface area contributed by atoms with Crippen LogP contribution >= 0.6 is 0 Å². The van der Waals surface area contributed by atoms with Gasteiger partial charge in [-0.1, -0.05) is 125 Å². The maximum Gasteiger partial charge on any atom is 0.329 e. The number of amides is 9. The molecule has 23 heteroatoms. The highest BCUT2D eigenvalue weighted by molar-refractivity contribution is 5.99. The molecule has 0 saturated carbocycles. The van der Waals surface area contributed by atoms with Gasteiger partial charge in [0.1, 0.15) is 60.7 Å². The Hall–Kier alpha value is -7.59. The summed E-state index contributed by atoms with van der Waals surface area (Å²) < 4.78 is 11.5. The van der Waals surface area contributed by atoms with E-state index in [1.165, 1.54) is 73.9 Å². The van der Waals surface area contributed by atoms with Crippen molar-refractivity contribution >= 4 is 65.1 Å². The molecular formula is C63H95N9O14. The molecule has 0 aliphatic carbocycles. The van der Waals surface area contributed by atoms with E-state index in [0.717, 1.165) is 9.80 Å². The van der Waals surface area contributed by atoms with E-state index in [2.05, 4.69) is 16.0 Å². The van der Waals surface area contributed by atoms with E-state index in [-0.39, 0.29) is 31.7 Å². The molecule has 0 radical (unpaired) electrons. The number of hydrogen-bond acceptors (Lipinski definition) is 14. The van der Waals surface area contributed by atoms with Crippen molar-refractivity contribution in [3.8, 4) is 5.75 Å². The van der Waals surface area contributed by atoms with Gasteiger partial charge < -0.3 is 59.9 Å². The minimum atomic E-state index is -1.61. The standard InChI is InChI=1S/C63H95N9O14/c1-17-39(9)53-55(76)64-34-48(74)68(13)51(37(5)6)56(77)65-45(32-42-27-29-44(73)30-28-42)63(84)86-41(11)58(79)72-31-23-22-26-46(72)59(80)69(14)52(38(7)8)57(78)66-50(36(3)4)61(82)67(12)47(33-49(75)85-35-43-24-20-19-21-25-43)60(81)71(16)54(40(10)18-2)62(83)70(53)15/h19-21,24-25,27-30,36-41,45-47,50-54,73H,17-18,22-23,26,31-35H2,1-16H3,(H,64,76)(H,65,77)(H,66,78)/t39-,40-,41+,45-,46-,47-,50-,51-,52-,53-,54-/m0/s1. The van der Waals surface area contributed by atoms with Gasteiger partial charge in [0.25, 0.3) is 5.91 Å². The predicted octanol–water partition coefficient (Wildman–Crippen LogP) is 3.68. The topological polar surface area (TPSA) is 282 Å². The summed E-state index contributed by atoms with van der Waals surface area (Å²) in [6.45, 7) is 17.9. The summed E-state index contributed by atoms with van der Waals surface area (Å²) in [6, 6.07) is 4.23. The quantitative estimate of drug-likeness (QED) is 0.208. The van der Waals surface area contributed by atoms with Crippen LogP contribution in [0.5, 0.6) is 5.75 Å². The molecule has 2 fully saturated rings. The normalized spacial score (nSPS) is 25.6. The molecule has 2 aromatic rings. The number of nitrogens with one attached hydrogen (secondary N) is 3. The third-order valence-corrected chi connectivity index (χ3v) is 16.8. The number of rotatable bonds is 13. The fraction of sp³-hybridized carbons (Fsp3) is 0.635. The Kier molecular flexibility index (Phi) is 26.6. The molecule has 0 spiro atoms. The molecule has 86 heavy (non-hydrogen) atoms. The molecule has 0 aromatic heterocycles. The van der Waals surface area contributed by atoms with E-state index in [1.54, 1.807) is 97.9 Å². The molecule has 2 aromatic carbocycles. The first kappa shape index (κ1) is 70.9. The van der Waals surface area contributed by atoms with Crippen molar-refractivity contribution in [3.63, 3.8) is 0 Å². The van der Waals surface area contributed by atoms with E-state index in [0.29, 0.717) is 36.8 Å². The summed E-state index contributed by atoms with van der Waals surface area (Å²) >= 11 is 0. The van der Waals surface area contributed by atoms with Crippen molar-refractivity contribution in [1.29, 1.82) is 0 Å². The zero-order chi connectivity index (χ0) is 64.6. The number of fused-ring (bicyclic) bond motifs is 1. The van der Waals surface area contributed by atoms with Crippen molar-refractivity contribution in [2.24, 2.45) is 29.6 Å². The van der Waals surface area contributed by atoms with Gasteiger partial charge in [0.05, 0.1) is 13.0 Å². The highest BCUT2D eigenvalue weighted by Gasteiger charge is 2.46. The Morgan fingerprint density at radius 2 is 1.15 bits per heavy atom. The third kappa shape index (κ3) is 18.0. The first-order valence-electron chi connectivity index (χ1n) is 30.1. The van der Waals surface area contributed by atoms with Crippen molar-refractivity contribution in [3.05, 3.63) is 65.7 Å². The number of ether oxygens (including phenoxy) is 2. The molecule has 23 nitrogen and oxygen atoms in total. The zero-order valence-corrected chi connectivity index (χ0v) is 53.3. The fourth-order valence-electron chi connectivity index (χ4n) is 11.3. The number of carbonyl (C=O) groups excluding carboxylic acids is 11. The van der Waals surface area contributed by atoms with Gasteiger partial charge in [-0.25, -0.2) is 4.79 Å². The SMILES string of the molecule is CC[C@H](C)[C@H]1C(=O)NCC(=O)N(C)[C@@H](C(C)C)C(=O)N[C@@H](Cc2ccc(O)cc2)C(=O)O[C@H](C)C(=O)N2CCCC[C@H]2C(=O)N(C)[C@@H](C(C)C)C(=O)N[C@@H](C(C)C)C(=O)N(C)[C@@H](CC(=O)OCc2ccccc2)C(=O)N(C)[C@@H]([C@@H](C)CC)C(=O)N1C. The maximum atomic E-state index is 15.3. The van der Waals surface area contributed by atoms with E-state index in [9.17, 15) is 43.5 Å². The molecule has 9 amide bonds. The lowest BCUT2D eigenvalue weighted by atomic mass is 9.92. The molecule has 2 aliphatic rings. The predicted molar refractivity (Wildman–Crippen MR) is 321 cm³/mol. The van der Waals surface area contributed by atoms with E-state index in [4.69, 9.17) is 9.47 Å². The van der Waals surface area contributed by atoms with E-state index in [1.807, 2.05) is 13.8 Å². The lowest BCUT2D eigenvalue weighted by molar-refractivity contribution is -0.165. The number of cyclic esters (lactones) is 1. The molecule has 0 bridgehead atoms. The van der Waals surface area contributed by atoms with Crippen LogP contribution in [0.1, 0.15) is 126 Å². The van der Waals surface area contributed by atoms with Crippen LogP contribution in [0, 0.1) is 29.6 Å².